The van der Waals surface area contributed by atoms with E-state index in [0.29, 0.717) is 0 Å². The first-order valence-corrected chi connectivity index (χ1v) is 14.4. The molecule has 2 heterocycles. The van der Waals surface area contributed by atoms with Crippen LogP contribution in [0.25, 0.3) is 78.1 Å². The topological polar surface area (TPSA) is 38.9 Å². The van der Waals surface area contributed by atoms with Gasteiger partial charge in [0, 0.05) is 33.0 Å². The van der Waals surface area contributed by atoms with Crippen LogP contribution < -0.4 is 0 Å². The highest BCUT2D eigenvalue weighted by Gasteiger charge is 2.13. The Morgan fingerprint density at radius 2 is 0.884 bits per heavy atom. The predicted octanol–water partition coefficient (Wildman–Crippen LogP) is 10.7. The van der Waals surface area contributed by atoms with E-state index in [9.17, 15) is 0 Å². The Morgan fingerprint density at radius 3 is 1.56 bits per heavy atom. The van der Waals surface area contributed by atoms with Crippen molar-refractivity contribution in [2.45, 2.75) is 0 Å². The van der Waals surface area contributed by atoms with Gasteiger partial charge in [-0.3, -0.25) is 0 Å². The fourth-order valence-electron chi connectivity index (χ4n) is 5.72. The molecule has 3 nitrogen and oxygen atoms in total. The van der Waals surface area contributed by atoms with Gasteiger partial charge < -0.3 is 4.42 Å². The molecule has 202 valence electrons. The highest BCUT2D eigenvalue weighted by molar-refractivity contribution is 6.09. The summed E-state index contributed by atoms with van der Waals surface area (Å²) in [5.41, 5.74) is 11.3. The first kappa shape index (κ1) is 25.0. The van der Waals surface area contributed by atoms with Crippen LogP contribution in [0.1, 0.15) is 0 Å². The van der Waals surface area contributed by atoms with Crippen molar-refractivity contribution >= 4 is 21.9 Å². The summed E-state index contributed by atoms with van der Waals surface area (Å²) in [5, 5.41) is 2.29. The van der Waals surface area contributed by atoms with E-state index in [0.717, 1.165) is 78.1 Å². The average Bonchev–Trinajstić information content (AvgIpc) is 3.48. The van der Waals surface area contributed by atoms with E-state index in [1.807, 2.05) is 48.5 Å². The fraction of sp³-hybridized carbons (Fsp3) is 0. The number of fused-ring (bicyclic) bond motifs is 3. The normalized spacial score (nSPS) is 11.3. The lowest BCUT2D eigenvalue weighted by molar-refractivity contribution is 0.670. The third-order valence-corrected chi connectivity index (χ3v) is 7.94. The van der Waals surface area contributed by atoms with Gasteiger partial charge in [0.05, 0.1) is 11.4 Å². The van der Waals surface area contributed by atoms with Gasteiger partial charge >= 0.3 is 0 Å². The van der Waals surface area contributed by atoms with Gasteiger partial charge in [0.1, 0.15) is 11.2 Å². The van der Waals surface area contributed by atoms with Crippen LogP contribution >= 0.6 is 0 Å². The Hall–Kier alpha value is -5.80. The molecule has 0 N–H and O–H groups in total. The largest absolute Gasteiger partial charge is 0.455 e. The van der Waals surface area contributed by atoms with Gasteiger partial charge in [-0.25, -0.2) is 9.97 Å². The maximum absolute atomic E-state index is 6.27. The smallest absolute Gasteiger partial charge is 0.160 e. The Bertz CT molecular complexity index is 2140. The maximum atomic E-state index is 6.27. The summed E-state index contributed by atoms with van der Waals surface area (Å²) in [6, 6.07) is 54.4. The summed E-state index contributed by atoms with van der Waals surface area (Å²) >= 11 is 0. The third kappa shape index (κ3) is 4.67. The maximum Gasteiger partial charge on any atom is 0.160 e. The molecule has 2 aromatic heterocycles. The molecule has 0 atom stereocenters. The number of hydrogen-bond acceptors (Lipinski definition) is 3. The number of para-hydroxylation sites is 2. The summed E-state index contributed by atoms with van der Waals surface area (Å²) in [6.07, 6.45) is 0. The molecule has 0 aliphatic carbocycles. The van der Waals surface area contributed by atoms with Crippen molar-refractivity contribution < 1.29 is 4.42 Å². The van der Waals surface area contributed by atoms with Crippen molar-refractivity contribution in [2.75, 3.05) is 0 Å². The van der Waals surface area contributed by atoms with Gasteiger partial charge in [-0.2, -0.15) is 0 Å². The van der Waals surface area contributed by atoms with E-state index < -0.39 is 0 Å². The number of rotatable bonds is 5. The first-order valence-electron chi connectivity index (χ1n) is 14.4. The van der Waals surface area contributed by atoms with E-state index in [2.05, 4.69) is 109 Å². The van der Waals surface area contributed by atoms with Crippen molar-refractivity contribution in [2.24, 2.45) is 0 Å². The van der Waals surface area contributed by atoms with Crippen molar-refractivity contribution in [3.63, 3.8) is 0 Å². The second-order valence-corrected chi connectivity index (χ2v) is 10.6. The van der Waals surface area contributed by atoms with E-state index in [1.54, 1.807) is 0 Å². The minimum absolute atomic E-state index is 0.719. The van der Waals surface area contributed by atoms with Gasteiger partial charge in [-0.1, -0.05) is 146 Å². The molecule has 0 aliphatic heterocycles. The van der Waals surface area contributed by atoms with E-state index in [4.69, 9.17) is 14.4 Å². The van der Waals surface area contributed by atoms with E-state index in [-0.39, 0.29) is 0 Å². The number of hydrogen-bond donors (Lipinski definition) is 0. The Morgan fingerprint density at radius 1 is 0.372 bits per heavy atom. The molecule has 0 saturated heterocycles. The van der Waals surface area contributed by atoms with Crippen LogP contribution in [0.3, 0.4) is 0 Å². The minimum atomic E-state index is 0.719. The van der Waals surface area contributed by atoms with Gasteiger partial charge in [0.25, 0.3) is 0 Å². The molecule has 0 spiro atoms. The van der Waals surface area contributed by atoms with Crippen LogP contribution in [0.15, 0.2) is 162 Å². The quantitative estimate of drug-likeness (QED) is 0.214. The van der Waals surface area contributed by atoms with Crippen molar-refractivity contribution in [3.05, 3.63) is 158 Å². The molecule has 6 aromatic carbocycles. The molecule has 0 bridgehead atoms. The third-order valence-electron chi connectivity index (χ3n) is 7.94. The standard InChI is InChI=1S/C40H26N2O/c1-3-10-30(11-4-1)36-26-37(42-40(41-36)32-12-5-2-6-13-32)31-24-20-28(21-25-31)27-18-22-29(23-19-27)33-15-9-16-35-34-14-7-8-17-38(34)43-39(33)35/h1-26H. The molecule has 3 heteroatoms. The summed E-state index contributed by atoms with van der Waals surface area (Å²) < 4.78 is 6.27. The molecule has 0 fully saturated rings. The van der Waals surface area contributed by atoms with Gasteiger partial charge in [-0.05, 0) is 28.8 Å². The monoisotopic (exact) mass is 550 g/mol. The van der Waals surface area contributed by atoms with Crippen LogP contribution in [0, 0.1) is 0 Å². The molecule has 0 saturated carbocycles. The van der Waals surface area contributed by atoms with Crippen LogP contribution in [0.2, 0.25) is 0 Å². The van der Waals surface area contributed by atoms with Crippen LogP contribution in [-0.2, 0) is 0 Å². The zero-order valence-electron chi connectivity index (χ0n) is 23.3. The molecular weight excluding hydrogens is 524 g/mol. The van der Waals surface area contributed by atoms with Crippen molar-refractivity contribution in [1.82, 2.24) is 9.97 Å². The zero-order chi connectivity index (χ0) is 28.6. The number of nitrogens with zero attached hydrogens (tertiary/aromatic N) is 2. The molecule has 0 amide bonds. The van der Waals surface area contributed by atoms with Crippen LogP contribution in [0.5, 0.6) is 0 Å². The highest BCUT2D eigenvalue weighted by atomic mass is 16.3. The SMILES string of the molecule is c1ccc(-c2cc(-c3ccc(-c4ccc(-c5cccc6c5oc5ccccc56)cc4)cc3)nc(-c3ccccc3)n2)cc1. The number of furan rings is 1. The van der Waals surface area contributed by atoms with Gasteiger partial charge in [-0.15, -0.1) is 0 Å². The zero-order valence-corrected chi connectivity index (χ0v) is 23.3. The fourth-order valence-corrected chi connectivity index (χ4v) is 5.72. The molecule has 0 aliphatic rings. The summed E-state index contributed by atoms with van der Waals surface area (Å²) in [4.78, 5) is 9.88. The van der Waals surface area contributed by atoms with Crippen molar-refractivity contribution in [3.8, 4) is 56.2 Å². The van der Waals surface area contributed by atoms with E-state index in [1.165, 1.54) is 0 Å². The lowest BCUT2D eigenvalue weighted by Gasteiger charge is -2.10. The predicted molar refractivity (Wildman–Crippen MR) is 176 cm³/mol. The number of aromatic nitrogens is 2. The lowest BCUT2D eigenvalue weighted by atomic mass is 9.98. The molecular formula is C40H26N2O. The Labute approximate surface area is 249 Å². The molecule has 8 aromatic rings. The van der Waals surface area contributed by atoms with Gasteiger partial charge in [0.15, 0.2) is 5.82 Å². The minimum Gasteiger partial charge on any atom is -0.455 e. The highest BCUT2D eigenvalue weighted by Crippen LogP contribution is 2.36. The first-order chi connectivity index (χ1) is 21.3. The lowest BCUT2D eigenvalue weighted by Crippen LogP contribution is -1.95. The molecule has 8 rings (SSSR count). The van der Waals surface area contributed by atoms with Crippen LogP contribution in [0.4, 0.5) is 0 Å². The van der Waals surface area contributed by atoms with Gasteiger partial charge in [0.2, 0.25) is 0 Å². The summed E-state index contributed by atoms with van der Waals surface area (Å²) in [5.74, 6) is 0.719. The summed E-state index contributed by atoms with van der Waals surface area (Å²) in [6.45, 7) is 0. The second kappa shape index (κ2) is 10.6. The second-order valence-electron chi connectivity index (χ2n) is 10.6. The van der Waals surface area contributed by atoms with Crippen molar-refractivity contribution in [1.29, 1.82) is 0 Å². The summed E-state index contributed by atoms with van der Waals surface area (Å²) in [7, 11) is 0. The molecule has 0 unspecified atom stereocenters. The number of benzene rings is 6. The van der Waals surface area contributed by atoms with Crippen LogP contribution in [-0.4, -0.2) is 9.97 Å². The average molecular weight is 551 g/mol. The Kier molecular flexibility index (Phi) is 6.12. The Balaban J connectivity index is 1.13. The molecule has 43 heavy (non-hydrogen) atoms. The van der Waals surface area contributed by atoms with E-state index >= 15 is 0 Å². The molecule has 0 radical (unpaired) electrons.